The SMILES string of the molecule is CCOC(=O)CCSc1ncc(Cl)nc1N. The molecule has 1 rings (SSSR count). The molecule has 0 spiro atoms. The number of rotatable bonds is 5. The van der Waals surface area contributed by atoms with Crippen molar-refractivity contribution in [3.8, 4) is 0 Å². The van der Waals surface area contributed by atoms with Gasteiger partial charge in [0.05, 0.1) is 19.2 Å². The lowest BCUT2D eigenvalue weighted by Crippen LogP contribution is -2.05. The summed E-state index contributed by atoms with van der Waals surface area (Å²) in [5.74, 6) is 0.608. The molecule has 0 radical (unpaired) electrons. The Kier molecular flexibility index (Phi) is 5.34. The van der Waals surface area contributed by atoms with Gasteiger partial charge in [0.1, 0.15) is 10.2 Å². The van der Waals surface area contributed by atoms with E-state index in [-0.39, 0.29) is 16.9 Å². The van der Waals surface area contributed by atoms with Crippen LogP contribution >= 0.6 is 23.4 Å². The molecule has 0 aliphatic heterocycles. The molecule has 7 heteroatoms. The first-order valence-electron chi connectivity index (χ1n) is 4.70. The van der Waals surface area contributed by atoms with E-state index in [9.17, 15) is 4.79 Å². The topological polar surface area (TPSA) is 78.1 Å². The maximum absolute atomic E-state index is 11.0. The fraction of sp³-hybridized carbons (Fsp3) is 0.444. The summed E-state index contributed by atoms with van der Waals surface area (Å²) in [4.78, 5) is 18.9. The van der Waals surface area contributed by atoms with Crippen molar-refractivity contribution >= 4 is 35.1 Å². The van der Waals surface area contributed by atoms with Crippen molar-refractivity contribution in [1.29, 1.82) is 0 Å². The normalized spacial score (nSPS) is 10.1. The number of hydrogen-bond acceptors (Lipinski definition) is 6. The van der Waals surface area contributed by atoms with E-state index < -0.39 is 0 Å². The second kappa shape index (κ2) is 6.55. The highest BCUT2D eigenvalue weighted by Gasteiger charge is 2.06. The lowest BCUT2D eigenvalue weighted by Gasteiger charge is -2.03. The van der Waals surface area contributed by atoms with Gasteiger partial charge in [0.2, 0.25) is 0 Å². The van der Waals surface area contributed by atoms with Gasteiger partial charge in [-0.15, -0.1) is 11.8 Å². The molecule has 1 aromatic heterocycles. The Balaban J connectivity index is 2.40. The monoisotopic (exact) mass is 261 g/mol. The molecule has 16 heavy (non-hydrogen) atoms. The Hall–Kier alpha value is -1.01. The number of anilines is 1. The van der Waals surface area contributed by atoms with Crippen LogP contribution in [0.3, 0.4) is 0 Å². The zero-order valence-electron chi connectivity index (χ0n) is 8.77. The van der Waals surface area contributed by atoms with Gasteiger partial charge in [0.25, 0.3) is 0 Å². The van der Waals surface area contributed by atoms with Gasteiger partial charge >= 0.3 is 5.97 Å². The van der Waals surface area contributed by atoms with Crippen LogP contribution in [0.2, 0.25) is 5.15 Å². The molecule has 1 heterocycles. The van der Waals surface area contributed by atoms with Gasteiger partial charge in [0.15, 0.2) is 5.82 Å². The largest absolute Gasteiger partial charge is 0.466 e. The van der Waals surface area contributed by atoms with Crippen molar-refractivity contribution in [1.82, 2.24) is 9.97 Å². The fourth-order valence-corrected chi connectivity index (χ4v) is 1.87. The summed E-state index contributed by atoms with van der Waals surface area (Å²) in [5, 5.41) is 0.834. The summed E-state index contributed by atoms with van der Waals surface area (Å²) in [5.41, 5.74) is 5.60. The van der Waals surface area contributed by atoms with Crippen molar-refractivity contribution in [2.45, 2.75) is 18.4 Å². The third-order valence-electron chi connectivity index (χ3n) is 1.59. The quantitative estimate of drug-likeness (QED) is 0.643. The molecule has 0 saturated carbocycles. The summed E-state index contributed by atoms with van der Waals surface area (Å²) in [7, 11) is 0. The van der Waals surface area contributed by atoms with E-state index in [0.717, 1.165) is 0 Å². The minimum Gasteiger partial charge on any atom is -0.466 e. The van der Waals surface area contributed by atoms with Gasteiger partial charge < -0.3 is 10.5 Å². The number of nitrogen functional groups attached to an aromatic ring is 1. The molecule has 0 saturated heterocycles. The molecule has 1 aromatic rings. The highest BCUT2D eigenvalue weighted by molar-refractivity contribution is 7.99. The Morgan fingerprint density at radius 3 is 3.06 bits per heavy atom. The number of esters is 1. The van der Waals surface area contributed by atoms with Crippen LogP contribution in [0.1, 0.15) is 13.3 Å². The van der Waals surface area contributed by atoms with Gasteiger partial charge in [-0.25, -0.2) is 9.97 Å². The zero-order chi connectivity index (χ0) is 12.0. The van der Waals surface area contributed by atoms with E-state index in [1.807, 2.05) is 0 Å². The second-order valence-electron chi connectivity index (χ2n) is 2.79. The molecule has 0 aliphatic rings. The average Bonchev–Trinajstić information content (AvgIpc) is 2.22. The van der Waals surface area contributed by atoms with Gasteiger partial charge in [-0.1, -0.05) is 11.6 Å². The minimum atomic E-state index is -0.226. The smallest absolute Gasteiger partial charge is 0.306 e. The number of thioether (sulfide) groups is 1. The van der Waals surface area contributed by atoms with Crippen LogP contribution in [-0.4, -0.2) is 28.3 Å². The van der Waals surface area contributed by atoms with Crippen LogP contribution in [0, 0.1) is 0 Å². The van der Waals surface area contributed by atoms with E-state index in [1.54, 1.807) is 6.92 Å². The van der Waals surface area contributed by atoms with Crippen LogP contribution in [0.5, 0.6) is 0 Å². The van der Waals surface area contributed by atoms with Gasteiger partial charge in [-0.3, -0.25) is 4.79 Å². The van der Waals surface area contributed by atoms with Crippen molar-refractivity contribution in [3.63, 3.8) is 0 Å². The summed E-state index contributed by atoms with van der Waals surface area (Å²) in [6.07, 6.45) is 1.74. The van der Waals surface area contributed by atoms with Crippen LogP contribution in [0.15, 0.2) is 11.2 Å². The molecule has 0 fully saturated rings. The van der Waals surface area contributed by atoms with Crippen molar-refractivity contribution in [3.05, 3.63) is 11.3 Å². The summed E-state index contributed by atoms with van der Waals surface area (Å²) in [6, 6.07) is 0. The van der Waals surface area contributed by atoms with Crippen molar-refractivity contribution < 1.29 is 9.53 Å². The molecule has 0 unspecified atom stereocenters. The van der Waals surface area contributed by atoms with E-state index in [2.05, 4.69) is 9.97 Å². The lowest BCUT2D eigenvalue weighted by atomic mass is 10.5. The first-order chi connectivity index (χ1) is 7.63. The Bertz CT molecular complexity index is 376. The highest BCUT2D eigenvalue weighted by atomic mass is 35.5. The molecule has 0 aromatic carbocycles. The summed E-state index contributed by atoms with van der Waals surface area (Å²) < 4.78 is 4.79. The number of nitrogens with two attached hydrogens (primary N) is 1. The number of halogens is 1. The Morgan fingerprint density at radius 1 is 1.69 bits per heavy atom. The molecule has 5 nitrogen and oxygen atoms in total. The fourth-order valence-electron chi connectivity index (χ4n) is 0.945. The number of ether oxygens (including phenoxy) is 1. The molecule has 0 amide bonds. The van der Waals surface area contributed by atoms with E-state index in [1.165, 1.54) is 18.0 Å². The number of carbonyl (C=O) groups excluding carboxylic acids is 1. The predicted molar refractivity (Wildman–Crippen MR) is 63.4 cm³/mol. The second-order valence-corrected chi connectivity index (χ2v) is 4.26. The molecule has 88 valence electrons. The third-order valence-corrected chi connectivity index (χ3v) is 2.76. The lowest BCUT2D eigenvalue weighted by molar-refractivity contribution is -0.142. The Labute approximate surface area is 103 Å². The first-order valence-corrected chi connectivity index (χ1v) is 6.06. The van der Waals surface area contributed by atoms with Crippen LogP contribution in [0.4, 0.5) is 5.82 Å². The van der Waals surface area contributed by atoms with Crippen molar-refractivity contribution in [2.24, 2.45) is 0 Å². The molecule has 0 atom stereocenters. The number of aromatic nitrogens is 2. The average molecular weight is 262 g/mol. The summed E-state index contributed by atoms with van der Waals surface area (Å²) >= 11 is 6.96. The summed E-state index contributed by atoms with van der Waals surface area (Å²) in [6.45, 7) is 2.17. The van der Waals surface area contributed by atoms with Gasteiger partial charge in [-0.2, -0.15) is 0 Å². The van der Waals surface area contributed by atoms with Gasteiger partial charge in [0, 0.05) is 5.75 Å². The maximum Gasteiger partial charge on any atom is 0.306 e. The Morgan fingerprint density at radius 2 is 2.44 bits per heavy atom. The maximum atomic E-state index is 11.0. The van der Waals surface area contributed by atoms with E-state index in [4.69, 9.17) is 22.1 Å². The van der Waals surface area contributed by atoms with E-state index in [0.29, 0.717) is 23.8 Å². The first kappa shape index (κ1) is 13.1. The third kappa shape index (κ3) is 4.24. The molecular formula is C9H12ClN3O2S. The van der Waals surface area contributed by atoms with E-state index >= 15 is 0 Å². The molecule has 0 bridgehead atoms. The number of nitrogens with zero attached hydrogens (tertiary/aromatic N) is 2. The number of carbonyl (C=O) groups is 1. The zero-order valence-corrected chi connectivity index (χ0v) is 10.3. The van der Waals surface area contributed by atoms with Crippen LogP contribution < -0.4 is 5.73 Å². The highest BCUT2D eigenvalue weighted by Crippen LogP contribution is 2.22. The molecular weight excluding hydrogens is 250 g/mol. The molecule has 2 N–H and O–H groups in total. The number of hydrogen-bond donors (Lipinski definition) is 1. The van der Waals surface area contributed by atoms with Gasteiger partial charge in [-0.05, 0) is 6.92 Å². The van der Waals surface area contributed by atoms with Crippen LogP contribution in [0.25, 0.3) is 0 Å². The van der Waals surface area contributed by atoms with Crippen LogP contribution in [-0.2, 0) is 9.53 Å². The molecule has 0 aliphatic carbocycles. The standard InChI is InChI=1S/C9H12ClN3O2S/c1-2-15-7(14)3-4-16-9-8(11)13-6(10)5-12-9/h5H,2-4H2,1H3,(H2,11,13). The predicted octanol–water partition coefficient (Wildman–Crippen LogP) is 1.76. The van der Waals surface area contributed by atoms with Crippen molar-refractivity contribution in [2.75, 3.05) is 18.1 Å². The minimum absolute atomic E-state index is 0.226.